The van der Waals surface area contributed by atoms with Crippen LogP contribution >= 0.6 is 11.6 Å². The lowest BCUT2D eigenvalue weighted by Crippen LogP contribution is -2.32. The minimum Gasteiger partial charge on any atom is -0.286 e. The van der Waals surface area contributed by atoms with E-state index in [0.717, 1.165) is 11.9 Å². The van der Waals surface area contributed by atoms with E-state index in [2.05, 4.69) is 26.2 Å². The van der Waals surface area contributed by atoms with Crippen molar-refractivity contribution >= 4 is 44.9 Å². The summed E-state index contributed by atoms with van der Waals surface area (Å²) in [6.07, 6.45) is 0.944. The Balaban J connectivity index is 1.79. The summed E-state index contributed by atoms with van der Waals surface area (Å²) in [5.41, 5.74) is 7.06. The Morgan fingerprint density at radius 1 is 1.03 bits per heavy atom. The molecule has 0 saturated heterocycles. The van der Waals surface area contributed by atoms with Crippen LogP contribution < -0.4 is 21.1 Å². The SMILES string of the molecule is Cc1ccc(S(=O)(=O)NNc2ncnc(NNC(=O)c3ccccc3Cl)c2[N+](=O)[O-])cc1. The van der Waals surface area contributed by atoms with Gasteiger partial charge >= 0.3 is 5.69 Å². The maximum Gasteiger partial charge on any atom is 0.356 e. The standard InChI is InChI=1S/C18H16ClN7O5S/c1-11-6-8-12(9-7-11)32(30,31)25-23-17-15(26(28)29)16(20-10-21-17)22-24-18(27)13-4-2-3-5-14(13)19/h2-10,25H,1H3,(H,24,27)(H2,20,21,22,23). The molecule has 3 rings (SSSR count). The Bertz CT molecular complexity index is 1270. The molecule has 0 saturated carbocycles. The van der Waals surface area contributed by atoms with Gasteiger partial charge in [-0.3, -0.25) is 31.2 Å². The second-order valence-electron chi connectivity index (χ2n) is 6.28. The van der Waals surface area contributed by atoms with Gasteiger partial charge < -0.3 is 0 Å². The number of rotatable bonds is 8. The summed E-state index contributed by atoms with van der Waals surface area (Å²) in [7, 11) is -4.05. The Kier molecular flexibility index (Phi) is 6.82. The molecule has 0 aliphatic heterocycles. The molecule has 0 spiro atoms. The van der Waals surface area contributed by atoms with Crippen molar-refractivity contribution in [2.24, 2.45) is 0 Å². The second-order valence-corrected chi connectivity index (χ2v) is 8.37. The van der Waals surface area contributed by atoms with Crippen LogP contribution in [0.4, 0.5) is 17.3 Å². The van der Waals surface area contributed by atoms with Crippen LogP contribution in [0, 0.1) is 17.0 Å². The Morgan fingerprint density at radius 2 is 1.66 bits per heavy atom. The zero-order valence-electron chi connectivity index (χ0n) is 16.4. The van der Waals surface area contributed by atoms with E-state index in [0.29, 0.717) is 0 Å². The van der Waals surface area contributed by atoms with Gasteiger partial charge in [-0.1, -0.05) is 41.4 Å². The normalized spacial score (nSPS) is 10.9. The molecule has 0 radical (unpaired) electrons. The van der Waals surface area contributed by atoms with E-state index >= 15 is 0 Å². The van der Waals surface area contributed by atoms with Gasteiger partial charge in [0.2, 0.25) is 11.6 Å². The van der Waals surface area contributed by atoms with E-state index in [-0.39, 0.29) is 21.3 Å². The number of nitrogens with one attached hydrogen (secondary N) is 4. The zero-order valence-corrected chi connectivity index (χ0v) is 17.9. The van der Waals surface area contributed by atoms with Crippen molar-refractivity contribution in [2.75, 3.05) is 10.9 Å². The van der Waals surface area contributed by atoms with E-state index in [4.69, 9.17) is 11.6 Å². The van der Waals surface area contributed by atoms with Gasteiger partial charge in [-0.15, -0.1) is 4.83 Å². The molecule has 1 heterocycles. The summed E-state index contributed by atoms with van der Waals surface area (Å²) < 4.78 is 24.8. The quantitative estimate of drug-likeness (QED) is 0.281. The fourth-order valence-corrected chi connectivity index (χ4v) is 3.52. The number of hydrogen-bond donors (Lipinski definition) is 4. The third-order valence-electron chi connectivity index (χ3n) is 4.05. The molecule has 32 heavy (non-hydrogen) atoms. The van der Waals surface area contributed by atoms with Crippen LogP contribution in [0.15, 0.2) is 59.8 Å². The highest BCUT2D eigenvalue weighted by Gasteiger charge is 2.25. The van der Waals surface area contributed by atoms with E-state index in [1.807, 2.05) is 4.83 Å². The predicted octanol–water partition coefficient (Wildman–Crippen LogP) is 2.41. The van der Waals surface area contributed by atoms with Gasteiger partial charge in [-0.05, 0) is 31.2 Å². The van der Waals surface area contributed by atoms with Crippen molar-refractivity contribution < 1.29 is 18.1 Å². The lowest BCUT2D eigenvalue weighted by atomic mass is 10.2. The molecule has 0 aliphatic carbocycles. The van der Waals surface area contributed by atoms with Crippen molar-refractivity contribution in [2.45, 2.75) is 11.8 Å². The highest BCUT2D eigenvalue weighted by Crippen LogP contribution is 2.28. The summed E-state index contributed by atoms with van der Waals surface area (Å²) >= 11 is 5.95. The van der Waals surface area contributed by atoms with E-state index < -0.39 is 32.4 Å². The monoisotopic (exact) mass is 477 g/mol. The number of aromatic nitrogens is 2. The minimum atomic E-state index is -4.05. The number of halogens is 1. The van der Waals surface area contributed by atoms with Crippen LogP contribution in [-0.4, -0.2) is 29.2 Å². The first-order valence-corrected chi connectivity index (χ1v) is 10.7. The molecule has 166 valence electrons. The number of amides is 1. The van der Waals surface area contributed by atoms with Gasteiger partial charge in [0.05, 0.1) is 20.4 Å². The van der Waals surface area contributed by atoms with Crippen molar-refractivity contribution in [3.05, 3.63) is 81.1 Å². The Morgan fingerprint density at radius 3 is 2.28 bits per heavy atom. The molecule has 0 atom stereocenters. The minimum absolute atomic E-state index is 0.0577. The largest absolute Gasteiger partial charge is 0.356 e. The molecule has 0 fully saturated rings. The smallest absolute Gasteiger partial charge is 0.286 e. The van der Waals surface area contributed by atoms with Crippen molar-refractivity contribution in [1.82, 2.24) is 20.2 Å². The predicted molar refractivity (Wildman–Crippen MR) is 116 cm³/mol. The topological polar surface area (TPSA) is 168 Å². The molecule has 4 N–H and O–H groups in total. The van der Waals surface area contributed by atoms with Crippen LogP contribution in [0.25, 0.3) is 0 Å². The maximum atomic E-state index is 12.4. The fraction of sp³-hybridized carbons (Fsp3) is 0.0556. The highest BCUT2D eigenvalue weighted by atomic mass is 35.5. The summed E-state index contributed by atoms with van der Waals surface area (Å²) in [5.74, 6) is -1.50. The molecule has 3 aromatic rings. The Hall–Kier alpha value is -3.81. The van der Waals surface area contributed by atoms with Crippen LogP contribution in [0.2, 0.25) is 5.02 Å². The lowest BCUT2D eigenvalue weighted by Gasteiger charge is -2.12. The number of benzene rings is 2. The molecule has 0 unspecified atom stereocenters. The third kappa shape index (κ3) is 5.26. The number of hydrazine groups is 2. The van der Waals surface area contributed by atoms with Gasteiger partial charge in [0.15, 0.2) is 0 Å². The highest BCUT2D eigenvalue weighted by molar-refractivity contribution is 7.89. The Labute approximate surface area is 187 Å². The average molecular weight is 478 g/mol. The molecule has 12 nitrogen and oxygen atoms in total. The number of carbonyl (C=O) groups excluding carboxylic acids is 1. The molecule has 2 aromatic carbocycles. The van der Waals surface area contributed by atoms with Crippen LogP contribution in [0.1, 0.15) is 15.9 Å². The number of anilines is 2. The molecule has 0 bridgehead atoms. The summed E-state index contributed by atoms with van der Waals surface area (Å²) in [6, 6.07) is 12.2. The first kappa shape index (κ1) is 22.9. The third-order valence-corrected chi connectivity index (χ3v) is 5.65. The number of hydrogen-bond acceptors (Lipinski definition) is 9. The van der Waals surface area contributed by atoms with Gasteiger partial charge in [-0.2, -0.15) is 0 Å². The summed E-state index contributed by atoms with van der Waals surface area (Å²) in [6.45, 7) is 1.80. The first-order chi connectivity index (χ1) is 15.2. The van der Waals surface area contributed by atoms with Gasteiger partial charge in [-0.25, -0.2) is 18.4 Å². The number of sulfonamides is 1. The molecule has 1 amide bonds. The van der Waals surface area contributed by atoms with Crippen LogP contribution in [0.5, 0.6) is 0 Å². The van der Waals surface area contributed by atoms with E-state index in [9.17, 15) is 23.3 Å². The van der Waals surface area contributed by atoms with Crippen LogP contribution in [0.3, 0.4) is 0 Å². The second kappa shape index (κ2) is 9.55. The molecular formula is C18H16ClN7O5S. The van der Waals surface area contributed by atoms with E-state index in [1.54, 1.807) is 31.2 Å². The molecule has 1 aromatic heterocycles. The molecular weight excluding hydrogens is 462 g/mol. The van der Waals surface area contributed by atoms with Gasteiger partial charge in [0.25, 0.3) is 15.9 Å². The van der Waals surface area contributed by atoms with Crippen molar-refractivity contribution in [3.63, 3.8) is 0 Å². The van der Waals surface area contributed by atoms with Crippen molar-refractivity contribution in [1.29, 1.82) is 0 Å². The van der Waals surface area contributed by atoms with Gasteiger partial charge in [0.1, 0.15) is 6.33 Å². The number of carbonyl (C=O) groups is 1. The van der Waals surface area contributed by atoms with E-state index in [1.165, 1.54) is 24.3 Å². The maximum absolute atomic E-state index is 12.4. The molecule has 14 heteroatoms. The molecule has 0 aliphatic rings. The summed E-state index contributed by atoms with van der Waals surface area (Å²) in [4.78, 5) is 32.4. The zero-order chi connectivity index (χ0) is 23.3. The first-order valence-electron chi connectivity index (χ1n) is 8.84. The van der Waals surface area contributed by atoms with Gasteiger partial charge in [0, 0.05) is 0 Å². The number of nitro groups is 1. The lowest BCUT2D eigenvalue weighted by molar-refractivity contribution is -0.383. The number of nitrogens with zero attached hydrogens (tertiary/aromatic N) is 3. The summed E-state index contributed by atoms with van der Waals surface area (Å²) in [5, 5.41) is 11.8. The fourth-order valence-electron chi connectivity index (χ4n) is 2.46. The number of aryl methyl sites for hydroxylation is 1. The van der Waals surface area contributed by atoms with Crippen LogP contribution in [-0.2, 0) is 10.0 Å². The average Bonchev–Trinajstić information content (AvgIpc) is 2.76. The van der Waals surface area contributed by atoms with Crippen molar-refractivity contribution in [3.8, 4) is 0 Å².